The summed E-state index contributed by atoms with van der Waals surface area (Å²) in [7, 11) is 2.78. The van der Waals surface area contributed by atoms with E-state index < -0.39 is 10.8 Å². The average Bonchev–Trinajstić information content (AvgIpc) is 3.00. The summed E-state index contributed by atoms with van der Waals surface area (Å²) in [5.74, 6) is 0.627. The summed E-state index contributed by atoms with van der Waals surface area (Å²) in [6.45, 7) is 1.70. The van der Waals surface area contributed by atoms with Crippen LogP contribution in [0.1, 0.15) is 21.9 Å². The molecule has 1 amide bonds. The maximum Gasteiger partial charge on any atom is 0.307 e. The smallest absolute Gasteiger partial charge is 0.307 e. The highest BCUT2D eigenvalue weighted by atomic mass is 16.6. The van der Waals surface area contributed by atoms with Gasteiger partial charge in [-0.25, -0.2) is 5.43 Å². The van der Waals surface area contributed by atoms with E-state index in [2.05, 4.69) is 10.5 Å². The van der Waals surface area contributed by atoms with Crippen LogP contribution in [-0.4, -0.2) is 31.3 Å². The summed E-state index contributed by atoms with van der Waals surface area (Å²) in [5, 5.41) is 14.9. The Morgan fingerprint density at radius 1 is 1.29 bits per heavy atom. The van der Waals surface area contributed by atoms with E-state index in [0.29, 0.717) is 11.5 Å². The summed E-state index contributed by atoms with van der Waals surface area (Å²) in [4.78, 5) is 22.4. The molecule has 2 rings (SSSR count). The third-order valence-electron chi connectivity index (χ3n) is 3.06. The van der Waals surface area contributed by atoms with E-state index in [0.717, 1.165) is 6.21 Å². The molecule has 1 aromatic carbocycles. The Morgan fingerprint density at radius 3 is 2.50 bits per heavy atom. The zero-order chi connectivity index (χ0) is 17.7. The molecule has 1 aromatic heterocycles. The summed E-state index contributed by atoms with van der Waals surface area (Å²) >= 11 is 0. The number of rotatable bonds is 6. The molecule has 2 aromatic rings. The lowest BCUT2D eigenvalue weighted by atomic mass is 10.1. The Balaban J connectivity index is 2.24. The lowest BCUT2D eigenvalue weighted by Crippen LogP contribution is -2.16. The van der Waals surface area contributed by atoms with Gasteiger partial charge in [-0.1, -0.05) is 0 Å². The van der Waals surface area contributed by atoms with Crippen LogP contribution in [0.15, 0.2) is 33.8 Å². The highest BCUT2D eigenvalue weighted by molar-refractivity contribution is 5.93. The van der Waals surface area contributed by atoms with Gasteiger partial charge in [0.1, 0.15) is 5.76 Å². The van der Waals surface area contributed by atoms with Gasteiger partial charge in [-0.15, -0.1) is 0 Å². The van der Waals surface area contributed by atoms with E-state index in [1.165, 1.54) is 32.4 Å². The van der Waals surface area contributed by atoms with Crippen LogP contribution < -0.4 is 14.9 Å². The molecule has 0 unspecified atom stereocenters. The molecular formula is C15H15N3O6. The number of carbonyl (C=O) groups excluding carboxylic acids is 1. The zero-order valence-electron chi connectivity index (χ0n) is 13.2. The minimum Gasteiger partial charge on any atom is -0.493 e. The Morgan fingerprint density at radius 2 is 1.96 bits per heavy atom. The van der Waals surface area contributed by atoms with Crippen molar-refractivity contribution in [1.82, 2.24) is 5.43 Å². The monoisotopic (exact) mass is 333 g/mol. The molecule has 24 heavy (non-hydrogen) atoms. The highest BCUT2D eigenvalue weighted by Crippen LogP contribution is 2.33. The second-order valence-corrected chi connectivity index (χ2v) is 4.63. The van der Waals surface area contributed by atoms with Crippen LogP contribution in [0.5, 0.6) is 11.5 Å². The Kier molecular flexibility index (Phi) is 5.15. The van der Waals surface area contributed by atoms with Gasteiger partial charge in [0.2, 0.25) is 0 Å². The molecule has 0 aliphatic carbocycles. The summed E-state index contributed by atoms with van der Waals surface area (Å²) in [5.41, 5.74) is 2.15. The second-order valence-electron chi connectivity index (χ2n) is 4.63. The Hall–Kier alpha value is -3.36. The maximum atomic E-state index is 11.8. The second kappa shape index (κ2) is 7.27. The first kappa shape index (κ1) is 17.0. The van der Waals surface area contributed by atoms with Gasteiger partial charge >= 0.3 is 5.91 Å². The van der Waals surface area contributed by atoms with Crippen LogP contribution in [0.2, 0.25) is 0 Å². The van der Waals surface area contributed by atoms with Crippen molar-refractivity contribution in [2.45, 2.75) is 6.92 Å². The van der Waals surface area contributed by atoms with Crippen LogP contribution in [0.25, 0.3) is 0 Å². The van der Waals surface area contributed by atoms with Gasteiger partial charge < -0.3 is 13.9 Å². The molecule has 9 nitrogen and oxygen atoms in total. The fraction of sp³-hybridized carbons (Fsp3) is 0.200. The van der Waals surface area contributed by atoms with Gasteiger partial charge in [-0.05, 0) is 25.1 Å². The van der Waals surface area contributed by atoms with Crippen LogP contribution >= 0.6 is 0 Å². The van der Waals surface area contributed by atoms with Crippen LogP contribution in [-0.2, 0) is 0 Å². The van der Waals surface area contributed by atoms with Crippen molar-refractivity contribution in [2.24, 2.45) is 5.10 Å². The quantitative estimate of drug-likeness (QED) is 0.492. The van der Waals surface area contributed by atoms with E-state index in [-0.39, 0.29) is 22.8 Å². The fourth-order valence-electron chi connectivity index (χ4n) is 1.92. The van der Waals surface area contributed by atoms with Crippen molar-refractivity contribution in [3.63, 3.8) is 0 Å². The number of aryl methyl sites for hydroxylation is 1. The van der Waals surface area contributed by atoms with Gasteiger partial charge in [0, 0.05) is 0 Å². The number of hydrogen-bond donors (Lipinski definition) is 1. The summed E-state index contributed by atoms with van der Waals surface area (Å²) in [6.07, 6.45) is 1.15. The van der Waals surface area contributed by atoms with Crippen LogP contribution in [0.3, 0.4) is 0 Å². The van der Waals surface area contributed by atoms with Gasteiger partial charge in [0.25, 0.3) is 5.69 Å². The van der Waals surface area contributed by atoms with Gasteiger partial charge in [0.15, 0.2) is 17.3 Å². The maximum absolute atomic E-state index is 11.8. The van der Waals surface area contributed by atoms with E-state index in [9.17, 15) is 14.9 Å². The van der Waals surface area contributed by atoms with Crippen LogP contribution in [0.4, 0.5) is 5.69 Å². The molecule has 1 N–H and O–H groups in total. The Bertz CT molecular complexity index is 797. The molecule has 0 spiro atoms. The number of hydrogen-bond acceptors (Lipinski definition) is 7. The molecule has 0 saturated carbocycles. The molecule has 0 atom stereocenters. The van der Waals surface area contributed by atoms with Crippen molar-refractivity contribution in [3.05, 3.63) is 51.5 Å². The van der Waals surface area contributed by atoms with Gasteiger partial charge in [-0.3, -0.25) is 14.9 Å². The standard InChI is InChI=1S/C15H15N3O6/c1-9-4-5-12(24-9)15(19)17-16-8-10-6-13(22-2)14(23-3)7-11(10)18(20)21/h4-8H,1-3H3,(H,17,19)/b16-8-. The molecule has 1 heterocycles. The molecule has 0 radical (unpaired) electrons. The number of furan rings is 1. The molecule has 0 aliphatic heterocycles. The lowest BCUT2D eigenvalue weighted by molar-refractivity contribution is -0.385. The van der Waals surface area contributed by atoms with Crippen molar-refractivity contribution in [3.8, 4) is 11.5 Å². The third kappa shape index (κ3) is 3.69. The van der Waals surface area contributed by atoms with E-state index in [4.69, 9.17) is 13.9 Å². The molecule has 126 valence electrons. The molecule has 0 aliphatic rings. The van der Waals surface area contributed by atoms with E-state index >= 15 is 0 Å². The number of ether oxygens (including phenoxy) is 2. The number of nitro groups is 1. The highest BCUT2D eigenvalue weighted by Gasteiger charge is 2.18. The molecule has 0 saturated heterocycles. The number of methoxy groups -OCH3 is 2. The SMILES string of the molecule is COc1cc(/C=N\NC(=O)c2ccc(C)o2)c([N+](=O)[O-])cc1OC. The first-order valence-electron chi connectivity index (χ1n) is 6.76. The van der Waals surface area contributed by atoms with Crippen molar-refractivity contribution >= 4 is 17.8 Å². The third-order valence-corrected chi connectivity index (χ3v) is 3.06. The van der Waals surface area contributed by atoms with E-state index in [1.54, 1.807) is 13.0 Å². The predicted molar refractivity (Wildman–Crippen MR) is 84.7 cm³/mol. The topological polar surface area (TPSA) is 116 Å². The molecule has 0 fully saturated rings. The summed E-state index contributed by atoms with van der Waals surface area (Å²) in [6, 6.07) is 5.75. The average molecular weight is 333 g/mol. The van der Waals surface area contributed by atoms with Crippen LogP contribution in [0, 0.1) is 17.0 Å². The number of nitro benzene ring substituents is 1. The fourth-order valence-corrected chi connectivity index (χ4v) is 1.92. The van der Waals surface area contributed by atoms with Crippen molar-refractivity contribution < 1.29 is 23.6 Å². The zero-order valence-corrected chi connectivity index (χ0v) is 13.2. The van der Waals surface area contributed by atoms with Crippen molar-refractivity contribution in [1.29, 1.82) is 0 Å². The first-order chi connectivity index (χ1) is 11.5. The minimum absolute atomic E-state index is 0.0893. The lowest BCUT2D eigenvalue weighted by Gasteiger charge is -2.08. The molecular weight excluding hydrogens is 318 g/mol. The van der Waals surface area contributed by atoms with Gasteiger partial charge in [-0.2, -0.15) is 5.10 Å². The predicted octanol–water partition coefficient (Wildman–Crippen LogP) is 2.28. The molecule has 9 heteroatoms. The number of benzene rings is 1. The molecule has 0 bridgehead atoms. The number of amides is 1. The van der Waals surface area contributed by atoms with Crippen molar-refractivity contribution in [2.75, 3.05) is 14.2 Å². The Labute approximate surface area is 137 Å². The van der Waals surface area contributed by atoms with Gasteiger partial charge in [0.05, 0.1) is 37.0 Å². The van der Waals surface area contributed by atoms with E-state index in [1.807, 2.05) is 0 Å². The normalized spacial score (nSPS) is 10.6. The first-order valence-corrected chi connectivity index (χ1v) is 6.76. The largest absolute Gasteiger partial charge is 0.493 e. The number of nitrogens with zero attached hydrogens (tertiary/aromatic N) is 2. The minimum atomic E-state index is -0.582. The number of carbonyl (C=O) groups is 1. The number of nitrogens with one attached hydrogen (secondary N) is 1. The number of hydrazone groups is 1. The summed E-state index contributed by atoms with van der Waals surface area (Å²) < 4.78 is 15.3.